The maximum Gasteiger partial charge on any atom is 0.0334 e. The van der Waals surface area contributed by atoms with Gasteiger partial charge in [0.05, 0.1) is 0 Å². The Hall–Kier alpha value is -0.0800. The highest BCUT2D eigenvalue weighted by Gasteiger charge is 2.41. The third-order valence-corrected chi connectivity index (χ3v) is 4.64. The van der Waals surface area contributed by atoms with Crippen LogP contribution in [0.2, 0.25) is 0 Å². The Morgan fingerprint density at radius 2 is 1.93 bits per heavy atom. The molecule has 1 aliphatic heterocycles. The summed E-state index contributed by atoms with van der Waals surface area (Å²) in [4.78, 5) is 2.85. The standard InChI is InChI=1S/C13H24N2/c1-2-6-13(7-3-1)11-14-8-9-15(13)10-12-4-5-12/h12,14H,1-11H2. The van der Waals surface area contributed by atoms with Crippen LogP contribution >= 0.6 is 0 Å². The van der Waals surface area contributed by atoms with Crippen molar-refractivity contribution in [3.63, 3.8) is 0 Å². The van der Waals surface area contributed by atoms with Crippen molar-refractivity contribution in [2.45, 2.75) is 50.5 Å². The second kappa shape index (κ2) is 4.06. The molecular weight excluding hydrogens is 184 g/mol. The zero-order valence-electron chi connectivity index (χ0n) is 9.80. The monoisotopic (exact) mass is 208 g/mol. The SMILES string of the molecule is C1CCC2(CC1)CNCCN2CC1CC1. The van der Waals surface area contributed by atoms with Crippen molar-refractivity contribution >= 4 is 0 Å². The Kier molecular flexibility index (Phi) is 2.73. The molecule has 2 heteroatoms. The maximum atomic E-state index is 3.63. The lowest BCUT2D eigenvalue weighted by Gasteiger charge is -2.50. The van der Waals surface area contributed by atoms with E-state index >= 15 is 0 Å². The van der Waals surface area contributed by atoms with E-state index in [-0.39, 0.29) is 0 Å². The van der Waals surface area contributed by atoms with Crippen LogP contribution in [0.4, 0.5) is 0 Å². The molecule has 0 aromatic carbocycles. The zero-order valence-corrected chi connectivity index (χ0v) is 9.80. The van der Waals surface area contributed by atoms with Gasteiger partial charge < -0.3 is 5.32 Å². The van der Waals surface area contributed by atoms with Gasteiger partial charge in [-0.15, -0.1) is 0 Å². The third-order valence-electron chi connectivity index (χ3n) is 4.64. The Morgan fingerprint density at radius 1 is 1.13 bits per heavy atom. The minimum Gasteiger partial charge on any atom is -0.314 e. The van der Waals surface area contributed by atoms with Gasteiger partial charge in [-0.1, -0.05) is 19.3 Å². The predicted molar refractivity (Wildman–Crippen MR) is 63.0 cm³/mol. The second-order valence-corrected chi connectivity index (χ2v) is 5.85. The first-order valence-corrected chi connectivity index (χ1v) is 6.85. The number of nitrogens with zero attached hydrogens (tertiary/aromatic N) is 1. The minimum atomic E-state index is 0.569. The number of hydrogen-bond acceptors (Lipinski definition) is 2. The highest BCUT2D eigenvalue weighted by molar-refractivity contribution is 4.99. The van der Waals surface area contributed by atoms with E-state index in [0.717, 1.165) is 5.92 Å². The van der Waals surface area contributed by atoms with E-state index in [1.807, 2.05) is 0 Å². The average Bonchev–Trinajstić information content (AvgIpc) is 3.07. The summed E-state index contributed by atoms with van der Waals surface area (Å²) in [7, 11) is 0. The molecule has 0 amide bonds. The van der Waals surface area contributed by atoms with Gasteiger partial charge in [0.2, 0.25) is 0 Å². The highest BCUT2D eigenvalue weighted by atomic mass is 15.3. The number of nitrogens with one attached hydrogen (secondary N) is 1. The Bertz CT molecular complexity index is 208. The van der Waals surface area contributed by atoms with Crippen LogP contribution in [0.1, 0.15) is 44.9 Å². The summed E-state index contributed by atoms with van der Waals surface area (Å²) in [5.74, 6) is 1.06. The van der Waals surface area contributed by atoms with Gasteiger partial charge in [0.25, 0.3) is 0 Å². The molecular formula is C13H24N2. The molecule has 1 heterocycles. The number of piperazine rings is 1. The van der Waals surface area contributed by atoms with Gasteiger partial charge in [0.1, 0.15) is 0 Å². The molecule has 3 rings (SSSR count). The van der Waals surface area contributed by atoms with Crippen LogP contribution in [0, 0.1) is 5.92 Å². The smallest absolute Gasteiger partial charge is 0.0334 e. The molecule has 15 heavy (non-hydrogen) atoms. The third kappa shape index (κ3) is 2.07. The first-order valence-electron chi connectivity index (χ1n) is 6.85. The molecule has 2 aliphatic carbocycles. The van der Waals surface area contributed by atoms with E-state index in [9.17, 15) is 0 Å². The largest absolute Gasteiger partial charge is 0.314 e. The predicted octanol–water partition coefficient (Wildman–Crippen LogP) is 2.00. The fourth-order valence-corrected chi connectivity index (χ4v) is 3.48. The molecule has 1 spiro atoms. The lowest BCUT2D eigenvalue weighted by atomic mass is 9.79. The molecule has 0 unspecified atom stereocenters. The minimum absolute atomic E-state index is 0.569. The van der Waals surface area contributed by atoms with Gasteiger partial charge in [0.15, 0.2) is 0 Å². The molecule has 1 saturated heterocycles. The molecule has 0 radical (unpaired) electrons. The quantitative estimate of drug-likeness (QED) is 0.747. The first-order chi connectivity index (χ1) is 7.39. The van der Waals surface area contributed by atoms with Gasteiger partial charge >= 0.3 is 0 Å². The molecule has 0 aromatic rings. The summed E-state index contributed by atoms with van der Waals surface area (Å²) in [6, 6.07) is 0. The van der Waals surface area contributed by atoms with E-state index in [1.165, 1.54) is 71.1 Å². The van der Waals surface area contributed by atoms with E-state index in [0.29, 0.717) is 5.54 Å². The fourth-order valence-electron chi connectivity index (χ4n) is 3.48. The molecule has 0 atom stereocenters. The Morgan fingerprint density at radius 3 is 2.67 bits per heavy atom. The molecule has 1 N–H and O–H groups in total. The van der Waals surface area contributed by atoms with Crippen LogP contribution < -0.4 is 5.32 Å². The fraction of sp³-hybridized carbons (Fsp3) is 1.00. The van der Waals surface area contributed by atoms with E-state index in [2.05, 4.69) is 10.2 Å². The van der Waals surface area contributed by atoms with Crippen molar-refractivity contribution in [3.8, 4) is 0 Å². The molecule has 3 fully saturated rings. The summed E-state index contributed by atoms with van der Waals surface area (Å²) >= 11 is 0. The average molecular weight is 208 g/mol. The Balaban J connectivity index is 1.69. The van der Waals surface area contributed by atoms with E-state index in [4.69, 9.17) is 0 Å². The highest BCUT2D eigenvalue weighted by Crippen LogP contribution is 2.38. The normalized spacial score (nSPS) is 32.0. The summed E-state index contributed by atoms with van der Waals surface area (Å²) < 4.78 is 0. The lowest BCUT2D eigenvalue weighted by Crippen LogP contribution is -2.62. The van der Waals surface area contributed by atoms with Gasteiger partial charge in [-0.3, -0.25) is 4.90 Å². The van der Waals surface area contributed by atoms with Gasteiger partial charge in [-0.05, 0) is 31.6 Å². The van der Waals surface area contributed by atoms with Crippen molar-refractivity contribution < 1.29 is 0 Å². The van der Waals surface area contributed by atoms with Crippen LogP contribution in [-0.4, -0.2) is 36.6 Å². The van der Waals surface area contributed by atoms with Crippen LogP contribution in [-0.2, 0) is 0 Å². The van der Waals surface area contributed by atoms with Crippen LogP contribution in [0.3, 0.4) is 0 Å². The molecule has 2 saturated carbocycles. The van der Waals surface area contributed by atoms with Crippen molar-refractivity contribution in [2.24, 2.45) is 5.92 Å². The first kappa shape index (κ1) is 10.1. The van der Waals surface area contributed by atoms with Crippen LogP contribution in [0.15, 0.2) is 0 Å². The van der Waals surface area contributed by atoms with Gasteiger partial charge in [0, 0.05) is 31.7 Å². The Labute approximate surface area is 93.4 Å². The topological polar surface area (TPSA) is 15.3 Å². The van der Waals surface area contributed by atoms with Crippen LogP contribution in [0.25, 0.3) is 0 Å². The summed E-state index contributed by atoms with van der Waals surface area (Å²) in [5, 5.41) is 3.63. The van der Waals surface area contributed by atoms with E-state index < -0.39 is 0 Å². The van der Waals surface area contributed by atoms with Crippen molar-refractivity contribution in [1.29, 1.82) is 0 Å². The maximum absolute atomic E-state index is 3.63. The summed E-state index contributed by atoms with van der Waals surface area (Å²) in [5.41, 5.74) is 0.569. The molecule has 3 aliphatic rings. The van der Waals surface area contributed by atoms with Crippen LogP contribution in [0.5, 0.6) is 0 Å². The molecule has 0 bridgehead atoms. The van der Waals surface area contributed by atoms with Gasteiger partial charge in [-0.2, -0.15) is 0 Å². The summed E-state index contributed by atoms with van der Waals surface area (Å²) in [6.07, 6.45) is 10.3. The molecule has 0 aromatic heterocycles. The lowest BCUT2D eigenvalue weighted by molar-refractivity contribution is 0.0240. The number of hydrogen-bond donors (Lipinski definition) is 1. The van der Waals surface area contributed by atoms with E-state index in [1.54, 1.807) is 0 Å². The number of rotatable bonds is 2. The second-order valence-electron chi connectivity index (χ2n) is 5.85. The van der Waals surface area contributed by atoms with Crippen molar-refractivity contribution in [3.05, 3.63) is 0 Å². The molecule has 2 nitrogen and oxygen atoms in total. The molecule has 86 valence electrons. The summed E-state index contributed by atoms with van der Waals surface area (Å²) in [6.45, 7) is 5.19. The van der Waals surface area contributed by atoms with Gasteiger partial charge in [-0.25, -0.2) is 0 Å². The van der Waals surface area contributed by atoms with Crippen molar-refractivity contribution in [2.75, 3.05) is 26.2 Å². The van der Waals surface area contributed by atoms with Crippen molar-refractivity contribution in [1.82, 2.24) is 10.2 Å². The zero-order chi connectivity index (χ0) is 10.1.